The first-order valence-corrected chi connectivity index (χ1v) is 9.40. The third-order valence-electron chi connectivity index (χ3n) is 3.51. The third-order valence-corrected chi connectivity index (χ3v) is 3.51. The number of hydrogen-bond acceptors (Lipinski definition) is 4. The van der Waals surface area contributed by atoms with E-state index in [0.717, 1.165) is 64.2 Å². The van der Waals surface area contributed by atoms with Gasteiger partial charge >= 0.3 is 11.9 Å². The summed E-state index contributed by atoms with van der Waals surface area (Å²) < 4.78 is 0. The molecule has 0 aliphatic rings. The molecule has 0 unspecified atom stereocenters. The third kappa shape index (κ3) is 30.2. The molecule has 4 N–H and O–H groups in total. The topological polar surface area (TPSA) is 115 Å². The second kappa shape index (κ2) is 19.7. The molecule has 0 aliphatic heterocycles. The molecule has 0 spiro atoms. The van der Waals surface area contributed by atoms with Crippen molar-refractivity contribution in [2.45, 2.75) is 90.3 Å². The van der Waals surface area contributed by atoms with Gasteiger partial charge in [-0.2, -0.15) is 0 Å². The lowest BCUT2D eigenvalue weighted by Gasteiger charge is -2.01. The van der Waals surface area contributed by atoms with Crippen LogP contribution in [-0.2, 0) is 9.59 Å². The van der Waals surface area contributed by atoms with Gasteiger partial charge in [0.1, 0.15) is 0 Å². The Hall–Kier alpha value is -1.66. The molecule has 0 rings (SSSR count). The Morgan fingerprint density at radius 3 is 1.31 bits per heavy atom. The Morgan fingerprint density at radius 2 is 1.04 bits per heavy atom. The molecular weight excluding hydrogens is 336 g/mol. The first-order chi connectivity index (χ1) is 12.3. The molecule has 0 saturated carbocycles. The molecule has 0 bridgehead atoms. The summed E-state index contributed by atoms with van der Waals surface area (Å²) in [5, 5.41) is 34.4. The number of carboxylic acid groups (broad SMARTS) is 2. The zero-order chi connectivity index (χ0) is 20.2. The number of carbonyl (C=O) groups is 2. The Morgan fingerprint density at radius 1 is 0.692 bits per heavy atom. The second-order valence-corrected chi connectivity index (χ2v) is 6.46. The number of aliphatic carboxylic acids is 2. The predicted molar refractivity (Wildman–Crippen MR) is 103 cm³/mol. The van der Waals surface area contributed by atoms with Crippen LogP contribution in [0.15, 0.2) is 24.3 Å². The molecule has 0 saturated heterocycles. The molecule has 0 aromatic heterocycles. The normalized spacial score (nSPS) is 13.4. The Balaban J connectivity index is 0. The average Bonchev–Trinajstić information content (AvgIpc) is 2.52. The highest BCUT2D eigenvalue weighted by Gasteiger charge is 1.95. The van der Waals surface area contributed by atoms with Crippen molar-refractivity contribution in [2.75, 3.05) is 0 Å². The van der Waals surface area contributed by atoms with Crippen molar-refractivity contribution in [3.05, 3.63) is 24.3 Å². The van der Waals surface area contributed by atoms with E-state index in [1.807, 2.05) is 0 Å². The maximum Gasteiger partial charge on any atom is 0.327 e. The van der Waals surface area contributed by atoms with E-state index in [2.05, 4.69) is 0 Å². The molecule has 0 aliphatic carbocycles. The molecule has 26 heavy (non-hydrogen) atoms. The lowest BCUT2D eigenvalue weighted by molar-refractivity contribution is -0.132. The Bertz CT molecular complexity index is 361. The summed E-state index contributed by atoms with van der Waals surface area (Å²) in [5.41, 5.74) is 0. The van der Waals surface area contributed by atoms with Gasteiger partial charge in [0.05, 0.1) is 12.2 Å². The zero-order valence-electron chi connectivity index (χ0n) is 16.1. The lowest BCUT2D eigenvalue weighted by Crippen LogP contribution is -1.97. The smallest absolute Gasteiger partial charge is 0.327 e. The first kappa shape index (κ1) is 26.6. The predicted octanol–water partition coefficient (Wildman–Crippen LogP) is 3.92. The van der Waals surface area contributed by atoms with Crippen LogP contribution in [0.1, 0.15) is 78.1 Å². The Labute approximate surface area is 157 Å². The van der Waals surface area contributed by atoms with Crippen LogP contribution >= 0.6 is 0 Å². The SMILES string of the molecule is C[C@@H](O)CCCCC/C=C/C(=O)O.C[C@H](O)CCCCC/C=C/C(=O)O. The summed E-state index contributed by atoms with van der Waals surface area (Å²) in [6.45, 7) is 3.56. The van der Waals surface area contributed by atoms with E-state index in [0.29, 0.717) is 0 Å². The van der Waals surface area contributed by atoms with Gasteiger partial charge in [-0.25, -0.2) is 9.59 Å². The maximum atomic E-state index is 10.1. The quantitative estimate of drug-likeness (QED) is 0.271. The standard InChI is InChI=1S/2C10H18O3/c2*1-9(11)7-5-3-2-4-6-8-10(12)13/h2*6,8-9,11H,2-5,7H2,1H3,(H,12,13)/b2*8-6+/t2*9-/m10/s1. The molecule has 0 heterocycles. The van der Waals surface area contributed by atoms with Crippen molar-refractivity contribution in [2.24, 2.45) is 0 Å². The lowest BCUT2D eigenvalue weighted by atomic mass is 10.1. The van der Waals surface area contributed by atoms with Crippen LogP contribution in [0.2, 0.25) is 0 Å². The van der Waals surface area contributed by atoms with Gasteiger partial charge in [-0.3, -0.25) is 0 Å². The molecule has 0 aromatic rings. The van der Waals surface area contributed by atoms with Crippen molar-refractivity contribution in [3.8, 4) is 0 Å². The van der Waals surface area contributed by atoms with Gasteiger partial charge in [-0.15, -0.1) is 0 Å². The molecular formula is C20H36O6. The van der Waals surface area contributed by atoms with Gasteiger partial charge in [0.25, 0.3) is 0 Å². The van der Waals surface area contributed by atoms with Crippen LogP contribution in [0, 0.1) is 0 Å². The number of aliphatic hydroxyl groups is 2. The highest BCUT2D eigenvalue weighted by molar-refractivity contribution is 5.79. The Kier molecular flexibility index (Phi) is 20.1. The molecule has 0 fully saturated rings. The van der Waals surface area contributed by atoms with E-state index in [4.69, 9.17) is 20.4 Å². The van der Waals surface area contributed by atoms with Crippen LogP contribution in [0.25, 0.3) is 0 Å². The minimum atomic E-state index is -0.885. The summed E-state index contributed by atoms with van der Waals surface area (Å²) in [7, 11) is 0. The highest BCUT2D eigenvalue weighted by Crippen LogP contribution is 2.06. The fourth-order valence-corrected chi connectivity index (χ4v) is 2.13. The van der Waals surface area contributed by atoms with E-state index in [1.54, 1.807) is 26.0 Å². The summed E-state index contributed by atoms with van der Waals surface area (Å²) in [4.78, 5) is 20.1. The molecule has 0 radical (unpaired) electrons. The van der Waals surface area contributed by atoms with Crippen molar-refractivity contribution in [3.63, 3.8) is 0 Å². The second-order valence-electron chi connectivity index (χ2n) is 6.46. The molecule has 2 atom stereocenters. The van der Waals surface area contributed by atoms with Crippen molar-refractivity contribution in [1.82, 2.24) is 0 Å². The fourth-order valence-electron chi connectivity index (χ4n) is 2.13. The summed E-state index contributed by atoms with van der Waals surface area (Å²) in [5.74, 6) is -1.77. The fraction of sp³-hybridized carbons (Fsp3) is 0.700. The van der Waals surface area contributed by atoms with E-state index < -0.39 is 11.9 Å². The maximum absolute atomic E-state index is 10.1. The zero-order valence-corrected chi connectivity index (χ0v) is 16.1. The van der Waals surface area contributed by atoms with Gasteiger partial charge in [0.15, 0.2) is 0 Å². The van der Waals surface area contributed by atoms with Gasteiger partial charge in [0.2, 0.25) is 0 Å². The van der Waals surface area contributed by atoms with Crippen LogP contribution < -0.4 is 0 Å². The van der Waals surface area contributed by atoms with Crippen LogP contribution in [0.4, 0.5) is 0 Å². The summed E-state index contributed by atoms with van der Waals surface area (Å²) in [6.07, 6.45) is 14.7. The number of allylic oxidation sites excluding steroid dienone is 2. The highest BCUT2D eigenvalue weighted by atomic mass is 16.4. The number of unbranched alkanes of at least 4 members (excludes halogenated alkanes) is 6. The van der Waals surface area contributed by atoms with Gasteiger partial charge in [-0.1, -0.05) is 37.8 Å². The van der Waals surface area contributed by atoms with Gasteiger partial charge < -0.3 is 20.4 Å². The molecule has 152 valence electrons. The van der Waals surface area contributed by atoms with Crippen molar-refractivity contribution in [1.29, 1.82) is 0 Å². The largest absolute Gasteiger partial charge is 0.478 e. The van der Waals surface area contributed by atoms with Crippen molar-refractivity contribution >= 4 is 11.9 Å². The summed E-state index contributed by atoms with van der Waals surface area (Å²) in [6, 6.07) is 0. The minimum Gasteiger partial charge on any atom is -0.478 e. The molecule has 0 aromatic carbocycles. The van der Waals surface area contributed by atoms with Crippen LogP contribution in [0.3, 0.4) is 0 Å². The van der Waals surface area contributed by atoms with Crippen LogP contribution in [-0.4, -0.2) is 44.6 Å². The first-order valence-electron chi connectivity index (χ1n) is 9.40. The van der Waals surface area contributed by atoms with Crippen LogP contribution in [0.5, 0.6) is 0 Å². The number of aliphatic hydroxyl groups excluding tert-OH is 2. The number of hydrogen-bond donors (Lipinski definition) is 4. The van der Waals surface area contributed by atoms with Crippen molar-refractivity contribution < 1.29 is 30.0 Å². The van der Waals surface area contributed by atoms with E-state index in [-0.39, 0.29) is 12.2 Å². The van der Waals surface area contributed by atoms with E-state index in [1.165, 1.54) is 12.2 Å². The minimum absolute atomic E-state index is 0.213. The van der Waals surface area contributed by atoms with E-state index >= 15 is 0 Å². The van der Waals surface area contributed by atoms with Gasteiger partial charge in [0, 0.05) is 12.2 Å². The monoisotopic (exact) mass is 372 g/mol. The summed E-state index contributed by atoms with van der Waals surface area (Å²) >= 11 is 0. The average molecular weight is 373 g/mol. The van der Waals surface area contributed by atoms with E-state index in [9.17, 15) is 9.59 Å². The number of rotatable bonds is 14. The molecule has 6 heteroatoms. The molecule has 6 nitrogen and oxygen atoms in total. The van der Waals surface area contributed by atoms with Gasteiger partial charge in [-0.05, 0) is 52.4 Å². The molecule has 0 amide bonds. The number of carboxylic acids is 2.